The van der Waals surface area contributed by atoms with Crippen molar-refractivity contribution in [3.8, 4) is 28.7 Å². The van der Waals surface area contributed by atoms with Gasteiger partial charge in [0.1, 0.15) is 35.4 Å². The average Bonchev–Trinajstić information content (AvgIpc) is 2.75. The van der Waals surface area contributed by atoms with E-state index in [1.165, 1.54) is 6.07 Å². The van der Waals surface area contributed by atoms with Crippen molar-refractivity contribution in [1.82, 2.24) is 0 Å². The molecule has 3 aromatic rings. The summed E-state index contributed by atoms with van der Waals surface area (Å²) < 4.78 is 17.0. The van der Waals surface area contributed by atoms with Crippen LogP contribution in [0.25, 0.3) is 0 Å². The number of methoxy groups -OCH3 is 1. The quantitative estimate of drug-likeness (QED) is 0.479. The van der Waals surface area contributed by atoms with Gasteiger partial charge >= 0.3 is 0 Å². The van der Waals surface area contributed by atoms with Crippen molar-refractivity contribution < 1.29 is 24.4 Å². The molecular formula is C25H28O5. The second kappa shape index (κ2) is 10.4. The fourth-order valence-corrected chi connectivity index (χ4v) is 3.25. The summed E-state index contributed by atoms with van der Waals surface area (Å²) in [5, 5.41) is 19.4. The minimum Gasteiger partial charge on any atom is -0.508 e. The molecule has 0 saturated heterocycles. The van der Waals surface area contributed by atoms with E-state index in [1.807, 2.05) is 49.4 Å². The lowest BCUT2D eigenvalue weighted by Gasteiger charge is -2.14. The molecule has 0 fully saturated rings. The highest BCUT2D eigenvalue weighted by molar-refractivity contribution is 5.42. The maximum atomic E-state index is 9.98. The number of aromatic hydroxyl groups is 2. The predicted octanol–water partition coefficient (Wildman–Crippen LogP) is 5.26. The summed E-state index contributed by atoms with van der Waals surface area (Å²) in [4.78, 5) is 0. The molecule has 0 bridgehead atoms. The van der Waals surface area contributed by atoms with Crippen molar-refractivity contribution in [3.05, 3.63) is 77.4 Å². The number of phenols is 2. The van der Waals surface area contributed by atoms with Crippen LogP contribution in [0.5, 0.6) is 28.7 Å². The highest BCUT2D eigenvalue weighted by Gasteiger charge is 2.09. The monoisotopic (exact) mass is 408 g/mol. The first-order valence-corrected chi connectivity index (χ1v) is 10.1. The fraction of sp³-hybridized carbons (Fsp3) is 0.280. The largest absolute Gasteiger partial charge is 0.508 e. The highest BCUT2D eigenvalue weighted by Crippen LogP contribution is 2.29. The van der Waals surface area contributed by atoms with Crippen LogP contribution in [0.1, 0.15) is 30.0 Å². The van der Waals surface area contributed by atoms with E-state index >= 15 is 0 Å². The molecule has 5 heteroatoms. The van der Waals surface area contributed by atoms with E-state index < -0.39 is 0 Å². The van der Waals surface area contributed by atoms with Gasteiger partial charge in [0, 0.05) is 12.1 Å². The molecule has 0 atom stereocenters. The summed E-state index contributed by atoms with van der Waals surface area (Å²) in [6.45, 7) is 3.00. The van der Waals surface area contributed by atoms with Gasteiger partial charge in [0.2, 0.25) is 0 Å². The second-order valence-corrected chi connectivity index (χ2v) is 7.01. The smallest absolute Gasteiger partial charge is 0.126 e. The summed E-state index contributed by atoms with van der Waals surface area (Å²) in [6.07, 6.45) is 2.34. The van der Waals surface area contributed by atoms with Crippen molar-refractivity contribution in [3.63, 3.8) is 0 Å². The SMILES string of the molecule is CCOc1ccc(CCCc2ccc(O)cc2O)c(OCc2ccc(OC)cc2)c1. The Balaban J connectivity index is 1.67. The predicted molar refractivity (Wildman–Crippen MR) is 117 cm³/mol. The summed E-state index contributed by atoms with van der Waals surface area (Å²) in [7, 11) is 1.65. The molecule has 158 valence electrons. The Hall–Kier alpha value is -3.34. The van der Waals surface area contributed by atoms with Crippen molar-refractivity contribution >= 4 is 0 Å². The van der Waals surface area contributed by atoms with Crippen LogP contribution in [0.2, 0.25) is 0 Å². The van der Waals surface area contributed by atoms with E-state index in [9.17, 15) is 10.2 Å². The molecule has 0 amide bonds. The van der Waals surface area contributed by atoms with Crippen LogP contribution in [-0.4, -0.2) is 23.9 Å². The van der Waals surface area contributed by atoms with Gasteiger partial charge in [-0.2, -0.15) is 0 Å². The van der Waals surface area contributed by atoms with Crippen LogP contribution >= 0.6 is 0 Å². The summed E-state index contributed by atoms with van der Waals surface area (Å²) in [6, 6.07) is 18.4. The van der Waals surface area contributed by atoms with Gasteiger partial charge in [-0.05, 0) is 67.1 Å². The van der Waals surface area contributed by atoms with Crippen LogP contribution in [0.4, 0.5) is 0 Å². The number of hydrogen-bond acceptors (Lipinski definition) is 5. The Morgan fingerprint density at radius 1 is 0.767 bits per heavy atom. The Kier molecular flexibility index (Phi) is 7.44. The first-order chi connectivity index (χ1) is 14.6. The van der Waals surface area contributed by atoms with E-state index in [0.717, 1.165) is 46.8 Å². The van der Waals surface area contributed by atoms with Gasteiger partial charge in [-0.3, -0.25) is 0 Å². The van der Waals surface area contributed by atoms with Gasteiger partial charge < -0.3 is 24.4 Å². The number of aryl methyl sites for hydroxylation is 2. The maximum absolute atomic E-state index is 9.98. The van der Waals surface area contributed by atoms with Gasteiger partial charge in [0.05, 0.1) is 13.7 Å². The normalized spacial score (nSPS) is 10.6. The number of benzene rings is 3. The van der Waals surface area contributed by atoms with Crippen LogP contribution in [-0.2, 0) is 19.4 Å². The van der Waals surface area contributed by atoms with E-state index in [0.29, 0.717) is 19.6 Å². The van der Waals surface area contributed by atoms with E-state index in [-0.39, 0.29) is 11.5 Å². The summed E-state index contributed by atoms with van der Waals surface area (Å²) >= 11 is 0. The molecule has 0 aliphatic carbocycles. The van der Waals surface area contributed by atoms with Crippen LogP contribution in [0.3, 0.4) is 0 Å². The molecule has 0 aliphatic heterocycles. The lowest BCUT2D eigenvalue weighted by molar-refractivity contribution is 0.296. The summed E-state index contributed by atoms with van der Waals surface area (Å²) in [5.41, 5.74) is 2.96. The molecule has 5 nitrogen and oxygen atoms in total. The minimum absolute atomic E-state index is 0.0666. The lowest BCUT2D eigenvalue weighted by Crippen LogP contribution is -2.01. The topological polar surface area (TPSA) is 68.2 Å². The standard InChI is InChI=1S/C25H28O5/c1-3-29-23-14-10-20(6-4-5-19-9-11-21(26)15-24(19)27)25(16-23)30-17-18-7-12-22(28-2)13-8-18/h7-16,26-27H,3-6,17H2,1-2H3. The average molecular weight is 408 g/mol. The molecule has 0 saturated carbocycles. The minimum atomic E-state index is 0.0666. The Morgan fingerprint density at radius 3 is 2.17 bits per heavy atom. The third-order valence-corrected chi connectivity index (χ3v) is 4.86. The molecule has 2 N–H and O–H groups in total. The zero-order chi connectivity index (χ0) is 21.3. The number of rotatable bonds is 10. The third-order valence-electron chi connectivity index (χ3n) is 4.86. The molecule has 30 heavy (non-hydrogen) atoms. The second-order valence-electron chi connectivity index (χ2n) is 7.01. The van der Waals surface area contributed by atoms with Crippen molar-refractivity contribution in [1.29, 1.82) is 0 Å². The zero-order valence-electron chi connectivity index (χ0n) is 17.4. The first-order valence-electron chi connectivity index (χ1n) is 10.1. The molecule has 0 heterocycles. The molecule has 3 aromatic carbocycles. The molecule has 0 aromatic heterocycles. The zero-order valence-corrected chi connectivity index (χ0v) is 17.4. The summed E-state index contributed by atoms with van der Waals surface area (Å²) in [5.74, 6) is 2.58. The Morgan fingerprint density at radius 2 is 1.47 bits per heavy atom. The molecule has 0 aliphatic rings. The van der Waals surface area contributed by atoms with Crippen LogP contribution < -0.4 is 14.2 Å². The number of hydrogen-bond donors (Lipinski definition) is 2. The number of phenolic OH excluding ortho intramolecular Hbond substituents is 2. The van der Waals surface area contributed by atoms with Crippen molar-refractivity contribution in [2.45, 2.75) is 32.8 Å². The third kappa shape index (κ3) is 5.83. The Labute approximate surface area is 177 Å². The highest BCUT2D eigenvalue weighted by atomic mass is 16.5. The van der Waals surface area contributed by atoms with Crippen molar-refractivity contribution in [2.75, 3.05) is 13.7 Å². The molecule has 0 spiro atoms. The lowest BCUT2D eigenvalue weighted by atomic mass is 10.0. The maximum Gasteiger partial charge on any atom is 0.126 e. The van der Waals surface area contributed by atoms with Gasteiger partial charge in [-0.15, -0.1) is 0 Å². The fourth-order valence-electron chi connectivity index (χ4n) is 3.25. The van der Waals surface area contributed by atoms with Crippen molar-refractivity contribution in [2.24, 2.45) is 0 Å². The molecule has 0 unspecified atom stereocenters. The number of ether oxygens (including phenoxy) is 3. The van der Waals surface area contributed by atoms with Gasteiger partial charge in [0.25, 0.3) is 0 Å². The van der Waals surface area contributed by atoms with Gasteiger partial charge in [-0.1, -0.05) is 24.3 Å². The van der Waals surface area contributed by atoms with Crippen LogP contribution in [0.15, 0.2) is 60.7 Å². The molecular weight excluding hydrogens is 380 g/mol. The van der Waals surface area contributed by atoms with E-state index in [2.05, 4.69) is 0 Å². The molecule has 3 rings (SSSR count). The first kappa shape index (κ1) is 21.4. The van der Waals surface area contributed by atoms with Gasteiger partial charge in [0.15, 0.2) is 0 Å². The van der Waals surface area contributed by atoms with Gasteiger partial charge in [-0.25, -0.2) is 0 Å². The molecule has 0 radical (unpaired) electrons. The van der Waals surface area contributed by atoms with Crippen LogP contribution in [0, 0.1) is 0 Å². The van der Waals surface area contributed by atoms with E-state index in [4.69, 9.17) is 14.2 Å². The Bertz CT molecular complexity index is 950. The van der Waals surface area contributed by atoms with E-state index in [1.54, 1.807) is 19.2 Å².